The topological polar surface area (TPSA) is 61.0 Å². The number of hydrogen-bond donors (Lipinski definition) is 1. The van der Waals surface area contributed by atoms with Crippen molar-refractivity contribution in [3.05, 3.63) is 42.8 Å². The zero-order chi connectivity index (χ0) is 15.0. The standard InChI is InChI=1S/C13H8Br3N3OS/c14-6-3-8(15)11(9(16)4-6)20-5-10-18-12(17)7-1-2-21-13(7)19-10/h1-4H,5H2,(H2,17,18,19). The van der Waals surface area contributed by atoms with Gasteiger partial charge in [-0.3, -0.25) is 0 Å². The van der Waals surface area contributed by atoms with E-state index >= 15 is 0 Å². The van der Waals surface area contributed by atoms with Crippen molar-refractivity contribution < 1.29 is 4.74 Å². The number of nitrogens with zero attached hydrogens (tertiary/aromatic N) is 2. The van der Waals surface area contributed by atoms with E-state index in [0.717, 1.165) is 23.6 Å². The fourth-order valence-electron chi connectivity index (χ4n) is 1.79. The SMILES string of the molecule is Nc1nc(COc2c(Br)cc(Br)cc2Br)nc2sccc12. The van der Waals surface area contributed by atoms with E-state index in [4.69, 9.17) is 10.5 Å². The highest BCUT2D eigenvalue weighted by molar-refractivity contribution is 9.11. The van der Waals surface area contributed by atoms with Crippen LogP contribution < -0.4 is 10.5 Å². The lowest BCUT2D eigenvalue weighted by Crippen LogP contribution is -2.04. The molecule has 0 saturated carbocycles. The average molecular weight is 494 g/mol. The first-order valence-corrected chi connectivity index (χ1v) is 9.07. The Bertz CT molecular complexity index is 799. The molecule has 4 nitrogen and oxygen atoms in total. The first kappa shape index (κ1) is 15.2. The summed E-state index contributed by atoms with van der Waals surface area (Å²) in [6.07, 6.45) is 0. The minimum absolute atomic E-state index is 0.247. The van der Waals surface area contributed by atoms with Crippen LogP contribution in [-0.2, 0) is 6.61 Å². The zero-order valence-electron chi connectivity index (χ0n) is 10.4. The van der Waals surface area contributed by atoms with Crippen LogP contribution in [-0.4, -0.2) is 9.97 Å². The van der Waals surface area contributed by atoms with Gasteiger partial charge in [0, 0.05) is 4.47 Å². The lowest BCUT2D eigenvalue weighted by Gasteiger charge is -2.10. The van der Waals surface area contributed by atoms with Gasteiger partial charge in [-0.05, 0) is 55.4 Å². The van der Waals surface area contributed by atoms with Gasteiger partial charge in [-0.15, -0.1) is 11.3 Å². The zero-order valence-corrected chi connectivity index (χ0v) is 16.0. The summed E-state index contributed by atoms with van der Waals surface area (Å²) in [5, 5.41) is 2.83. The molecule has 3 aromatic rings. The fourth-order valence-corrected chi connectivity index (χ4v) is 5.07. The van der Waals surface area contributed by atoms with Crippen molar-refractivity contribution in [3.8, 4) is 5.75 Å². The second-order valence-corrected chi connectivity index (χ2v) is 7.67. The summed E-state index contributed by atoms with van der Waals surface area (Å²) in [5.74, 6) is 1.74. The number of fused-ring (bicyclic) bond motifs is 1. The van der Waals surface area contributed by atoms with Crippen LogP contribution in [0.2, 0.25) is 0 Å². The number of hydrogen-bond acceptors (Lipinski definition) is 5. The Hall–Kier alpha value is -0.700. The summed E-state index contributed by atoms with van der Waals surface area (Å²) >= 11 is 11.9. The monoisotopic (exact) mass is 491 g/mol. The fraction of sp³-hybridized carbons (Fsp3) is 0.0769. The van der Waals surface area contributed by atoms with Crippen LogP contribution in [0.1, 0.15) is 5.82 Å². The Balaban J connectivity index is 1.86. The average Bonchev–Trinajstić information content (AvgIpc) is 2.86. The number of thiophene rings is 1. The molecule has 0 aliphatic carbocycles. The van der Waals surface area contributed by atoms with Gasteiger partial charge in [-0.1, -0.05) is 15.9 Å². The van der Waals surface area contributed by atoms with Gasteiger partial charge in [0.2, 0.25) is 0 Å². The minimum atomic E-state index is 0.247. The molecule has 2 aromatic heterocycles. The van der Waals surface area contributed by atoms with E-state index in [1.54, 1.807) is 0 Å². The van der Waals surface area contributed by atoms with E-state index < -0.39 is 0 Å². The molecular formula is C13H8Br3N3OS. The van der Waals surface area contributed by atoms with E-state index in [2.05, 4.69) is 57.8 Å². The molecule has 3 rings (SSSR count). The van der Waals surface area contributed by atoms with Crippen LogP contribution in [0.15, 0.2) is 37.0 Å². The summed E-state index contributed by atoms with van der Waals surface area (Å²) in [6, 6.07) is 5.75. The number of benzene rings is 1. The highest BCUT2D eigenvalue weighted by Gasteiger charge is 2.11. The highest BCUT2D eigenvalue weighted by atomic mass is 79.9. The van der Waals surface area contributed by atoms with E-state index in [9.17, 15) is 0 Å². The van der Waals surface area contributed by atoms with Gasteiger partial charge in [-0.2, -0.15) is 0 Å². The summed E-state index contributed by atoms with van der Waals surface area (Å²) in [4.78, 5) is 9.59. The maximum Gasteiger partial charge on any atom is 0.169 e. The predicted octanol–water partition coefficient (Wildman–Crippen LogP) is 5.14. The third kappa shape index (κ3) is 3.23. The lowest BCUT2D eigenvalue weighted by atomic mass is 10.3. The molecule has 0 bridgehead atoms. The summed E-state index contributed by atoms with van der Waals surface area (Å²) in [5.41, 5.74) is 5.93. The van der Waals surface area contributed by atoms with Crippen LogP contribution >= 0.6 is 59.1 Å². The Morgan fingerprint density at radius 3 is 2.57 bits per heavy atom. The molecule has 21 heavy (non-hydrogen) atoms. The minimum Gasteiger partial charge on any atom is -0.483 e. The van der Waals surface area contributed by atoms with E-state index in [1.807, 2.05) is 23.6 Å². The molecule has 0 atom stereocenters. The van der Waals surface area contributed by atoms with Gasteiger partial charge in [0.25, 0.3) is 0 Å². The van der Waals surface area contributed by atoms with Gasteiger partial charge < -0.3 is 10.5 Å². The maximum atomic E-state index is 5.93. The lowest BCUT2D eigenvalue weighted by molar-refractivity contribution is 0.293. The number of nitrogen functional groups attached to an aromatic ring is 1. The molecule has 2 heterocycles. The molecule has 0 fully saturated rings. The first-order chi connectivity index (χ1) is 10.0. The normalized spacial score (nSPS) is 11.0. The molecule has 0 spiro atoms. The number of halogens is 3. The number of aromatic nitrogens is 2. The molecule has 1 aromatic carbocycles. The Kier molecular flexibility index (Phi) is 4.49. The van der Waals surface area contributed by atoms with Crippen molar-refractivity contribution in [1.82, 2.24) is 9.97 Å². The Morgan fingerprint density at radius 1 is 1.14 bits per heavy atom. The van der Waals surface area contributed by atoms with E-state index in [0.29, 0.717) is 17.4 Å². The van der Waals surface area contributed by atoms with E-state index in [-0.39, 0.29) is 6.61 Å². The van der Waals surface area contributed by atoms with Crippen molar-refractivity contribution in [2.75, 3.05) is 5.73 Å². The smallest absolute Gasteiger partial charge is 0.169 e. The van der Waals surface area contributed by atoms with Gasteiger partial charge in [-0.25, -0.2) is 9.97 Å². The number of rotatable bonds is 3. The van der Waals surface area contributed by atoms with Gasteiger partial charge >= 0.3 is 0 Å². The Labute approximate surface area is 150 Å². The molecule has 108 valence electrons. The molecule has 8 heteroatoms. The summed E-state index contributed by atoms with van der Waals surface area (Å²) < 4.78 is 8.43. The molecular weight excluding hydrogens is 486 g/mol. The molecule has 0 saturated heterocycles. The third-order valence-corrected chi connectivity index (χ3v) is 5.15. The number of nitrogens with two attached hydrogens (primary N) is 1. The van der Waals surface area contributed by atoms with Crippen molar-refractivity contribution in [1.29, 1.82) is 0 Å². The third-order valence-electron chi connectivity index (χ3n) is 2.71. The van der Waals surface area contributed by atoms with Gasteiger partial charge in [0.15, 0.2) is 5.82 Å². The predicted molar refractivity (Wildman–Crippen MR) is 95.7 cm³/mol. The van der Waals surface area contributed by atoms with Crippen molar-refractivity contribution in [3.63, 3.8) is 0 Å². The van der Waals surface area contributed by atoms with E-state index in [1.165, 1.54) is 11.3 Å². The maximum absolute atomic E-state index is 5.93. The van der Waals surface area contributed by atoms with Crippen LogP contribution in [0.3, 0.4) is 0 Å². The molecule has 0 aliphatic heterocycles. The first-order valence-electron chi connectivity index (χ1n) is 5.81. The molecule has 0 amide bonds. The van der Waals surface area contributed by atoms with Crippen LogP contribution in [0.25, 0.3) is 10.2 Å². The molecule has 0 radical (unpaired) electrons. The van der Waals surface area contributed by atoms with Crippen molar-refractivity contribution >= 4 is 75.2 Å². The number of ether oxygens (including phenoxy) is 1. The van der Waals surface area contributed by atoms with Gasteiger partial charge in [0.1, 0.15) is 23.0 Å². The second-order valence-electron chi connectivity index (χ2n) is 4.15. The summed E-state index contributed by atoms with van der Waals surface area (Å²) in [7, 11) is 0. The highest BCUT2D eigenvalue weighted by Crippen LogP contribution is 2.36. The van der Waals surface area contributed by atoms with Crippen molar-refractivity contribution in [2.24, 2.45) is 0 Å². The quantitative estimate of drug-likeness (QED) is 0.549. The van der Waals surface area contributed by atoms with Crippen molar-refractivity contribution in [2.45, 2.75) is 6.61 Å². The molecule has 0 aliphatic rings. The van der Waals surface area contributed by atoms with Gasteiger partial charge in [0.05, 0.1) is 14.3 Å². The van der Waals surface area contributed by atoms with Crippen LogP contribution in [0.4, 0.5) is 5.82 Å². The number of anilines is 1. The van der Waals surface area contributed by atoms with Crippen LogP contribution in [0, 0.1) is 0 Å². The summed E-state index contributed by atoms with van der Waals surface area (Å²) in [6.45, 7) is 0.247. The van der Waals surface area contributed by atoms with Crippen LogP contribution in [0.5, 0.6) is 5.75 Å². The largest absolute Gasteiger partial charge is 0.483 e. The Morgan fingerprint density at radius 2 is 1.86 bits per heavy atom. The molecule has 0 unspecified atom stereocenters. The second kappa shape index (κ2) is 6.20. The molecule has 2 N–H and O–H groups in total.